The van der Waals surface area contributed by atoms with Crippen molar-refractivity contribution >= 4 is 27.7 Å². The molecule has 4 rings (SSSR count). The Balaban J connectivity index is 1.33. The summed E-state index contributed by atoms with van der Waals surface area (Å²) < 4.78 is 48.9. The van der Waals surface area contributed by atoms with Crippen molar-refractivity contribution in [3.63, 3.8) is 0 Å². The van der Waals surface area contributed by atoms with E-state index in [4.69, 9.17) is 16.3 Å². The number of hydrogen-bond acceptors (Lipinski definition) is 5. The molecular weight excluding hydrogens is 457 g/mol. The van der Waals surface area contributed by atoms with E-state index in [1.807, 2.05) is 4.72 Å². The molecule has 2 aliphatic heterocycles. The maximum absolute atomic E-state index is 14.6. The molecule has 0 bridgehead atoms. The Morgan fingerprint density at radius 3 is 2.44 bits per heavy atom. The number of carbonyl (C=O) groups is 1. The molecule has 2 saturated heterocycles. The van der Waals surface area contributed by atoms with E-state index < -0.39 is 27.5 Å². The molecule has 1 aliphatic carbocycles. The van der Waals surface area contributed by atoms with Gasteiger partial charge in [0.25, 0.3) is 5.91 Å². The predicted octanol–water partition coefficient (Wildman–Crippen LogP) is 3.34. The quantitative estimate of drug-likeness (QED) is 0.587. The van der Waals surface area contributed by atoms with E-state index in [0.29, 0.717) is 37.5 Å². The first-order chi connectivity index (χ1) is 15.3. The molecule has 0 unspecified atom stereocenters. The van der Waals surface area contributed by atoms with Crippen molar-refractivity contribution < 1.29 is 22.3 Å². The third-order valence-corrected chi connectivity index (χ3v) is 8.67. The number of amides is 1. The topological polar surface area (TPSA) is 87.7 Å². The molecule has 1 saturated carbocycles. The Labute approximate surface area is 194 Å². The zero-order valence-electron chi connectivity index (χ0n) is 18.1. The fraction of sp³-hybridized carbons (Fsp3) is 0.682. The lowest BCUT2D eigenvalue weighted by molar-refractivity contribution is 0.0974. The van der Waals surface area contributed by atoms with E-state index in [1.165, 1.54) is 17.1 Å². The lowest BCUT2D eigenvalue weighted by atomic mass is 9.85. The molecule has 2 N–H and O–H groups in total. The summed E-state index contributed by atoms with van der Waals surface area (Å²) in [6.07, 6.45) is 7.11. The molecule has 2 heterocycles. The molecule has 32 heavy (non-hydrogen) atoms. The third kappa shape index (κ3) is 5.73. The van der Waals surface area contributed by atoms with E-state index in [-0.39, 0.29) is 10.8 Å². The van der Waals surface area contributed by atoms with Crippen LogP contribution in [0.1, 0.15) is 55.3 Å². The Hall–Kier alpha value is -1.42. The van der Waals surface area contributed by atoms with Gasteiger partial charge in [-0.25, -0.2) is 9.11 Å². The molecule has 178 valence electrons. The summed E-state index contributed by atoms with van der Waals surface area (Å²) >= 11 is 6.19. The highest BCUT2D eigenvalue weighted by Crippen LogP contribution is 2.31. The lowest BCUT2D eigenvalue weighted by Crippen LogP contribution is -2.48. The van der Waals surface area contributed by atoms with Crippen molar-refractivity contribution in [1.29, 1.82) is 0 Å². The number of carbonyl (C=O) groups excluding carboxylic acids is 1. The molecule has 3 aliphatic rings. The number of piperidine rings is 1. The molecule has 10 heteroatoms. The minimum Gasteiger partial charge on any atom is -0.492 e. The standard InChI is InChI=1S/C22H31ClFN3O4S/c23-19-10-18(20(24)11-21(19)31-14-16-3-1-2-4-16)22(28)26-32(29,30)27-7-5-15(6-8-27)9-17-12-25-13-17/h10-11,15-17,25H,1-9,12-14H2,(H,26,28). The molecule has 1 amide bonds. The summed E-state index contributed by atoms with van der Waals surface area (Å²) in [6, 6.07) is 2.18. The van der Waals surface area contributed by atoms with E-state index in [2.05, 4.69) is 5.32 Å². The molecule has 7 nitrogen and oxygen atoms in total. The smallest absolute Gasteiger partial charge is 0.304 e. The Morgan fingerprint density at radius 1 is 1.12 bits per heavy atom. The van der Waals surface area contributed by atoms with Crippen molar-refractivity contribution in [2.45, 2.75) is 44.9 Å². The summed E-state index contributed by atoms with van der Waals surface area (Å²) in [5.74, 6) is -0.125. The first-order valence-electron chi connectivity index (χ1n) is 11.5. The van der Waals surface area contributed by atoms with Crippen LogP contribution in [0.2, 0.25) is 5.02 Å². The van der Waals surface area contributed by atoms with Crippen LogP contribution in [-0.2, 0) is 10.2 Å². The SMILES string of the molecule is O=C(NS(=O)(=O)N1CCC(CC2CNC2)CC1)c1cc(Cl)c(OCC2CCCC2)cc1F. The summed E-state index contributed by atoms with van der Waals surface area (Å²) in [4.78, 5) is 12.5. The second-order valence-electron chi connectivity index (χ2n) is 9.26. The van der Waals surface area contributed by atoms with E-state index in [9.17, 15) is 17.6 Å². The van der Waals surface area contributed by atoms with Crippen LogP contribution in [0.25, 0.3) is 0 Å². The number of nitrogens with one attached hydrogen (secondary N) is 2. The van der Waals surface area contributed by atoms with Gasteiger partial charge < -0.3 is 10.1 Å². The van der Waals surface area contributed by atoms with Crippen LogP contribution in [-0.4, -0.2) is 51.4 Å². The predicted molar refractivity (Wildman–Crippen MR) is 121 cm³/mol. The van der Waals surface area contributed by atoms with Gasteiger partial charge in [0.2, 0.25) is 0 Å². The third-order valence-electron chi connectivity index (χ3n) is 6.88. The minimum absolute atomic E-state index is 0.0817. The lowest BCUT2D eigenvalue weighted by Gasteiger charge is -2.35. The van der Waals surface area contributed by atoms with Gasteiger partial charge in [-0.15, -0.1) is 0 Å². The average molecular weight is 488 g/mol. The number of halogens is 2. The van der Waals surface area contributed by atoms with E-state index in [1.54, 1.807) is 0 Å². The number of rotatable bonds is 8. The van der Waals surface area contributed by atoms with Crippen molar-refractivity contribution in [3.8, 4) is 5.75 Å². The highest BCUT2D eigenvalue weighted by Gasteiger charge is 2.32. The Morgan fingerprint density at radius 2 is 1.81 bits per heavy atom. The first kappa shape index (κ1) is 23.7. The van der Waals surface area contributed by atoms with E-state index >= 15 is 0 Å². The van der Waals surface area contributed by atoms with Crippen LogP contribution < -0.4 is 14.8 Å². The van der Waals surface area contributed by atoms with Gasteiger partial charge >= 0.3 is 10.2 Å². The van der Waals surface area contributed by atoms with Gasteiger partial charge in [0.1, 0.15) is 11.6 Å². The van der Waals surface area contributed by atoms with Crippen LogP contribution in [0.3, 0.4) is 0 Å². The number of benzene rings is 1. The summed E-state index contributed by atoms with van der Waals surface area (Å²) in [5, 5.41) is 3.33. The second kappa shape index (κ2) is 10.2. The molecule has 3 fully saturated rings. The number of hydrogen-bond donors (Lipinski definition) is 2. The largest absolute Gasteiger partial charge is 0.492 e. The van der Waals surface area contributed by atoms with Crippen molar-refractivity contribution in [1.82, 2.24) is 14.3 Å². The Kier molecular flexibility index (Phi) is 7.59. The van der Waals surface area contributed by atoms with Crippen molar-refractivity contribution in [2.24, 2.45) is 17.8 Å². The molecular formula is C22H31ClFN3O4S. The minimum atomic E-state index is -4.05. The van der Waals surface area contributed by atoms with Gasteiger partial charge in [0.15, 0.2) is 0 Å². The molecule has 0 atom stereocenters. The monoisotopic (exact) mass is 487 g/mol. The number of nitrogens with zero attached hydrogens (tertiary/aromatic N) is 1. The van der Waals surface area contributed by atoms with Gasteiger partial charge in [-0.2, -0.15) is 12.7 Å². The van der Waals surface area contributed by atoms with Crippen LogP contribution in [0.5, 0.6) is 5.75 Å². The van der Waals surface area contributed by atoms with Crippen LogP contribution in [0.4, 0.5) is 4.39 Å². The zero-order chi connectivity index (χ0) is 22.7. The van der Waals surface area contributed by atoms with Crippen LogP contribution >= 0.6 is 11.6 Å². The number of ether oxygens (including phenoxy) is 1. The Bertz CT molecular complexity index is 927. The van der Waals surface area contributed by atoms with Crippen molar-refractivity contribution in [2.75, 3.05) is 32.8 Å². The highest BCUT2D eigenvalue weighted by molar-refractivity contribution is 7.87. The summed E-state index contributed by atoms with van der Waals surface area (Å²) in [6.45, 7) is 3.22. The van der Waals surface area contributed by atoms with E-state index in [0.717, 1.165) is 57.3 Å². The molecule has 0 aromatic heterocycles. The summed E-state index contributed by atoms with van der Waals surface area (Å²) in [5.41, 5.74) is -0.417. The molecule has 1 aromatic rings. The maximum atomic E-state index is 14.6. The van der Waals surface area contributed by atoms with Crippen LogP contribution in [0, 0.1) is 23.6 Å². The highest BCUT2D eigenvalue weighted by atomic mass is 35.5. The molecule has 0 spiro atoms. The normalized spacial score (nSPS) is 21.4. The fourth-order valence-electron chi connectivity index (χ4n) is 4.81. The first-order valence-corrected chi connectivity index (χ1v) is 13.3. The fourth-order valence-corrected chi connectivity index (χ4v) is 6.19. The second-order valence-corrected chi connectivity index (χ2v) is 11.3. The molecule has 1 aromatic carbocycles. The average Bonchev–Trinajstić information content (AvgIpc) is 3.24. The van der Waals surface area contributed by atoms with Gasteiger partial charge in [0, 0.05) is 19.2 Å². The molecule has 0 radical (unpaired) electrons. The van der Waals surface area contributed by atoms with Gasteiger partial charge in [-0.1, -0.05) is 24.4 Å². The van der Waals surface area contributed by atoms with Crippen LogP contribution in [0.15, 0.2) is 12.1 Å². The van der Waals surface area contributed by atoms with Crippen molar-refractivity contribution in [3.05, 3.63) is 28.5 Å². The van der Waals surface area contributed by atoms with Gasteiger partial charge in [-0.05, 0) is 69.0 Å². The maximum Gasteiger partial charge on any atom is 0.304 e. The zero-order valence-corrected chi connectivity index (χ0v) is 19.7. The van der Waals surface area contributed by atoms with Gasteiger partial charge in [0.05, 0.1) is 17.2 Å². The summed E-state index contributed by atoms with van der Waals surface area (Å²) in [7, 11) is -4.05. The van der Waals surface area contributed by atoms with Gasteiger partial charge in [-0.3, -0.25) is 4.79 Å².